The van der Waals surface area contributed by atoms with Gasteiger partial charge in [0, 0.05) is 19.5 Å². The zero-order chi connectivity index (χ0) is 11.3. The molecule has 0 saturated carbocycles. The number of aliphatic carboxylic acids is 1. The van der Waals surface area contributed by atoms with Crippen LogP contribution in [-0.2, 0) is 9.59 Å². The van der Waals surface area contributed by atoms with Gasteiger partial charge in [-0.1, -0.05) is 0 Å². The third-order valence-corrected chi connectivity index (χ3v) is 2.73. The van der Waals surface area contributed by atoms with Gasteiger partial charge in [-0.2, -0.15) is 0 Å². The quantitative estimate of drug-likeness (QED) is 0.633. The molecule has 0 spiro atoms. The van der Waals surface area contributed by atoms with Crippen molar-refractivity contribution in [2.45, 2.75) is 25.7 Å². The van der Waals surface area contributed by atoms with Crippen molar-refractivity contribution in [2.24, 2.45) is 11.7 Å². The fourth-order valence-corrected chi connectivity index (χ4v) is 1.77. The average Bonchev–Trinajstić information content (AvgIpc) is 2.66. The van der Waals surface area contributed by atoms with Crippen LogP contribution in [0.4, 0.5) is 0 Å². The first kappa shape index (κ1) is 12.0. The van der Waals surface area contributed by atoms with Gasteiger partial charge in [-0.15, -0.1) is 0 Å². The van der Waals surface area contributed by atoms with E-state index in [0.717, 1.165) is 12.8 Å². The van der Waals surface area contributed by atoms with Crippen LogP contribution in [0.1, 0.15) is 25.7 Å². The summed E-state index contributed by atoms with van der Waals surface area (Å²) in [5.41, 5.74) is 5.33. The highest BCUT2D eigenvalue weighted by Crippen LogP contribution is 2.17. The lowest BCUT2D eigenvalue weighted by molar-refractivity contribution is -0.141. The van der Waals surface area contributed by atoms with E-state index in [2.05, 4.69) is 0 Å². The van der Waals surface area contributed by atoms with Gasteiger partial charge >= 0.3 is 5.97 Å². The zero-order valence-electron chi connectivity index (χ0n) is 8.82. The van der Waals surface area contributed by atoms with Crippen LogP contribution < -0.4 is 5.73 Å². The van der Waals surface area contributed by atoms with Crippen LogP contribution >= 0.6 is 0 Å². The number of carbonyl (C=O) groups excluding carboxylic acids is 1. The fraction of sp³-hybridized carbons (Fsp3) is 0.800. The van der Waals surface area contributed by atoms with Crippen molar-refractivity contribution in [1.29, 1.82) is 0 Å². The molecule has 5 nitrogen and oxygen atoms in total. The minimum Gasteiger partial charge on any atom is -0.481 e. The molecule has 0 radical (unpaired) electrons. The first-order valence-corrected chi connectivity index (χ1v) is 5.35. The van der Waals surface area contributed by atoms with Crippen molar-refractivity contribution in [3.05, 3.63) is 0 Å². The molecule has 0 bridgehead atoms. The summed E-state index contributed by atoms with van der Waals surface area (Å²) in [6, 6.07) is 0. The fourth-order valence-electron chi connectivity index (χ4n) is 1.77. The molecule has 1 rings (SSSR count). The van der Waals surface area contributed by atoms with Crippen molar-refractivity contribution in [3.63, 3.8) is 0 Å². The topological polar surface area (TPSA) is 83.6 Å². The van der Waals surface area contributed by atoms with Gasteiger partial charge in [-0.05, 0) is 25.8 Å². The Morgan fingerprint density at radius 2 is 2.13 bits per heavy atom. The number of rotatable bonds is 5. The second kappa shape index (κ2) is 5.70. The molecule has 1 aliphatic rings. The number of hydrogen-bond donors (Lipinski definition) is 2. The molecule has 1 atom stereocenters. The van der Waals surface area contributed by atoms with E-state index in [-0.39, 0.29) is 11.8 Å². The van der Waals surface area contributed by atoms with Crippen LogP contribution in [0.15, 0.2) is 0 Å². The summed E-state index contributed by atoms with van der Waals surface area (Å²) in [7, 11) is 0. The number of carbonyl (C=O) groups is 2. The van der Waals surface area contributed by atoms with Crippen LogP contribution in [0.25, 0.3) is 0 Å². The van der Waals surface area contributed by atoms with E-state index in [1.165, 1.54) is 0 Å². The lowest BCUT2D eigenvalue weighted by Crippen LogP contribution is -2.29. The Balaban J connectivity index is 2.27. The predicted octanol–water partition coefficient (Wildman–Crippen LogP) is 0.0485. The van der Waals surface area contributed by atoms with Gasteiger partial charge in [0.05, 0.1) is 5.92 Å². The van der Waals surface area contributed by atoms with E-state index in [4.69, 9.17) is 10.8 Å². The van der Waals surface area contributed by atoms with Gasteiger partial charge < -0.3 is 15.7 Å². The van der Waals surface area contributed by atoms with Gasteiger partial charge in [0.1, 0.15) is 0 Å². The molecule has 1 unspecified atom stereocenters. The molecule has 15 heavy (non-hydrogen) atoms. The predicted molar refractivity (Wildman–Crippen MR) is 55.2 cm³/mol. The number of amides is 1. The van der Waals surface area contributed by atoms with Crippen LogP contribution in [0.2, 0.25) is 0 Å². The number of unbranched alkanes of at least 4 members (excludes halogenated alkanes) is 1. The maximum Gasteiger partial charge on any atom is 0.308 e. The molecule has 1 amide bonds. The Morgan fingerprint density at radius 3 is 2.67 bits per heavy atom. The maximum atomic E-state index is 11.6. The monoisotopic (exact) mass is 214 g/mol. The Kier molecular flexibility index (Phi) is 4.55. The van der Waals surface area contributed by atoms with Crippen LogP contribution in [0.5, 0.6) is 0 Å². The minimum atomic E-state index is -0.799. The minimum absolute atomic E-state index is 0.0622. The summed E-state index contributed by atoms with van der Waals surface area (Å²) in [6.07, 6.45) is 2.72. The largest absolute Gasteiger partial charge is 0.481 e. The summed E-state index contributed by atoms with van der Waals surface area (Å²) < 4.78 is 0. The van der Waals surface area contributed by atoms with Crippen molar-refractivity contribution in [1.82, 2.24) is 4.90 Å². The Morgan fingerprint density at radius 1 is 1.40 bits per heavy atom. The van der Waals surface area contributed by atoms with E-state index in [1.807, 2.05) is 0 Å². The number of likely N-dealkylation sites (tertiary alicyclic amines) is 1. The molecule has 0 aromatic rings. The molecule has 86 valence electrons. The highest BCUT2D eigenvalue weighted by molar-refractivity contribution is 5.78. The molecule has 3 N–H and O–H groups in total. The molecule has 5 heteroatoms. The van der Waals surface area contributed by atoms with Gasteiger partial charge in [0.2, 0.25) is 5.91 Å². The summed E-state index contributed by atoms with van der Waals surface area (Å²) in [5.74, 6) is -1.11. The number of nitrogens with two attached hydrogens (primary N) is 1. The molecule has 0 aliphatic carbocycles. The lowest BCUT2D eigenvalue weighted by Gasteiger charge is -2.15. The number of carboxylic acid groups (broad SMARTS) is 1. The van der Waals surface area contributed by atoms with Crippen molar-refractivity contribution < 1.29 is 14.7 Å². The average molecular weight is 214 g/mol. The highest BCUT2D eigenvalue weighted by Gasteiger charge is 2.30. The molecule has 0 aromatic heterocycles. The van der Waals surface area contributed by atoms with Crippen molar-refractivity contribution >= 4 is 11.9 Å². The van der Waals surface area contributed by atoms with Crippen LogP contribution in [-0.4, -0.2) is 41.5 Å². The lowest BCUT2D eigenvalue weighted by atomic mass is 10.1. The molecular formula is C10H18N2O3. The summed E-state index contributed by atoms with van der Waals surface area (Å²) in [6.45, 7) is 1.56. The second-order valence-corrected chi connectivity index (χ2v) is 3.91. The van der Waals surface area contributed by atoms with Crippen molar-refractivity contribution in [2.75, 3.05) is 19.6 Å². The van der Waals surface area contributed by atoms with Crippen molar-refractivity contribution in [3.8, 4) is 0 Å². The SMILES string of the molecule is NCCCCC(=O)N1CCC(C(=O)O)C1. The number of carboxylic acids is 1. The van der Waals surface area contributed by atoms with Gasteiger partial charge in [-0.25, -0.2) is 0 Å². The number of nitrogens with zero attached hydrogens (tertiary/aromatic N) is 1. The normalized spacial score (nSPS) is 20.6. The van der Waals surface area contributed by atoms with Gasteiger partial charge in [-0.3, -0.25) is 9.59 Å². The molecule has 1 aliphatic heterocycles. The van der Waals surface area contributed by atoms with E-state index in [9.17, 15) is 9.59 Å². The molecule has 1 fully saturated rings. The van der Waals surface area contributed by atoms with Gasteiger partial charge in [0.15, 0.2) is 0 Å². The third kappa shape index (κ3) is 3.51. The smallest absolute Gasteiger partial charge is 0.308 e. The third-order valence-electron chi connectivity index (χ3n) is 2.73. The second-order valence-electron chi connectivity index (χ2n) is 3.91. The molecule has 0 aromatic carbocycles. The summed E-state index contributed by atoms with van der Waals surface area (Å²) >= 11 is 0. The Labute approximate surface area is 89.2 Å². The molecule has 1 heterocycles. The first-order valence-electron chi connectivity index (χ1n) is 5.35. The summed E-state index contributed by atoms with van der Waals surface area (Å²) in [5, 5.41) is 8.77. The highest BCUT2D eigenvalue weighted by atomic mass is 16.4. The van der Waals surface area contributed by atoms with Gasteiger partial charge in [0.25, 0.3) is 0 Å². The van der Waals surface area contributed by atoms with E-state index in [0.29, 0.717) is 32.5 Å². The standard InChI is InChI=1S/C10H18N2O3/c11-5-2-1-3-9(13)12-6-4-8(7-12)10(14)15/h8H,1-7,11H2,(H,14,15). The zero-order valence-corrected chi connectivity index (χ0v) is 8.82. The molecule has 1 saturated heterocycles. The van der Waals surface area contributed by atoms with E-state index in [1.54, 1.807) is 4.90 Å². The maximum absolute atomic E-state index is 11.6. The van der Waals surface area contributed by atoms with E-state index < -0.39 is 5.97 Å². The van der Waals surface area contributed by atoms with Crippen LogP contribution in [0.3, 0.4) is 0 Å². The van der Waals surface area contributed by atoms with E-state index >= 15 is 0 Å². The van der Waals surface area contributed by atoms with Crippen LogP contribution in [0, 0.1) is 5.92 Å². The Hall–Kier alpha value is -1.10. The molecular weight excluding hydrogens is 196 g/mol. The summed E-state index contributed by atoms with van der Waals surface area (Å²) in [4.78, 5) is 23.9. The first-order chi connectivity index (χ1) is 7.15. The number of hydrogen-bond acceptors (Lipinski definition) is 3. The Bertz CT molecular complexity index is 243.